The van der Waals surface area contributed by atoms with Crippen molar-refractivity contribution in [2.75, 3.05) is 43.5 Å². The van der Waals surface area contributed by atoms with Crippen LogP contribution < -0.4 is 15.0 Å². The minimum Gasteiger partial charge on any atom is -0.497 e. The summed E-state index contributed by atoms with van der Waals surface area (Å²) in [7, 11) is 1.63. The van der Waals surface area contributed by atoms with E-state index in [4.69, 9.17) is 4.74 Å². The second-order valence-electron chi connectivity index (χ2n) is 6.31. The van der Waals surface area contributed by atoms with Crippen molar-refractivity contribution in [2.45, 2.75) is 6.92 Å². The molecule has 1 fully saturated rings. The first-order chi connectivity index (χ1) is 13.0. The van der Waals surface area contributed by atoms with Crippen molar-refractivity contribution in [3.05, 3.63) is 58.1 Å². The summed E-state index contributed by atoms with van der Waals surface area (Å²) in [5.41, 5.74) is 2.00. The van der Waals surface area contributed by atoms with Gasteiger partial charge < -0.3 is 19.9 Å². The maximum Gasteiger partial charge on any atom is 0.321 e. The lowest BCUT2D eigenvalue weighted by molar-refractivity contribution is -0.385. The first kappa shape index (κ1) is 18.5. The van der Waals surface area contributed by atoms with E-state index in [1.165, 1.54) is 6.07 Å². The van der Waals surface area contributed by atoms with Crippen LogP contribution in [0.15, 0.2) is 42.5 Å². The highest BCUT2D eigenvalue weighted by Crippen LogP contribution is 2.26. The molecule has 0 aromatic heterocycles. The van der Waals surface area contributed by atoms with Crippen molar-refractivity contribution in [3.8, 4) is 5.75 Å². The second-order valence-corrected chi connectivity index (χ2v) is 6.31. The Morgan fingerprint density at radius 3 is 2.37 bits per heavy atom. The number of amides is 2. The average molecular weight is 370 g/mol. The Hall–Kier alpha value is -3.29. The van der Waals surface area contributed by atoms with Gasteiger partial charge in [0.1, 0.15) is 5.75 Å². The molecule has 0 aliphatic carbocycles. The third-order valence-corrected chi connectivity index (χ3v) is 4.75. The first-order valence-corrected chi connectivity index (χ1v) is 8.68. The van der Waals surface area contributed by atoms with E-state index in [-0.39, 0.29) is 11.7 Å². The molecule has 0 saturated carbocycles. The van der Waals surface area contributed by atoms with E-state index in [0.717, 1.165) is 11.4 Å². The van der Waals surface area contributed by atoms with E-state index >= 15 is 0 Å². The molecule has 0 radical (unpaired) electrons. The first-order valence-electron chi connectivity index (χ1n) is 8.68. The average Bonchev–Trinajstić information content (AvgIpc) is 2.69. The molecular formula is C19H22N4O4. The molecule has 1 N–H and O–H groups in total. The van der Waals surface area contributed by atoms with Gasteiger partial charge in [-0.2, -0.15) is 0 Å². The van der Waals surface area contributed by atoms with Crippen molar-refractivity contribution in [1.29, 1.82) is 0 Å². The number of benzene rings is 2. The van der Waals surface area contributed by atoms with Crippen LogP contribution >= 0.6 is 0 Å². The van der Waals surface area contributed by atoms with Crippen molar-refractivity contribution in [2.24, 2.45) is 0 Å². The number of hydrogen-bond acceptors (Lipinski definition) is 5. The van der Waals surface area contributed by atoms with Gasteiger partial charge in [0.15, 0.2) is 0 Å². The van der Waals surface area contributed by atoms with Crippen molar-refractivity contribution >= 4 is 23.1 Å². The molecule has 142 valence electrons. The van der Waals surface area contributed by atoms with Gasteiger partial charge in [-0.15, -0.1) is 0 Å². The van der Waals surface area contributed by atoms with Crippen LogP contribution in [0.25, 0.3) is 0 Å². The van der Waals surface area contributed by atoms with E-state index in [9.17, 15) is 14.9 Å². The number of rotatable bonds is 4. The van der Waals surface area contributed by atoms with Crippen LogP contribution in [0, 0.1) is 17.0 Å². The Kier molecular flexibility index (Phi) is 5.44. The van der Waals surface area contributed by atoms with E-state index < -0.39 is 4.92 Å². The van der Waals surface area contributed by atoms with Crippen molar-refractivity contribution in [3.63, 3.8) is 0 Å². The number of methoxy groups -OCH3 is 1. The molecule has 1 heterocycles. The number of nitrogens with zero attached hydrogens (tertiary/aromatic N) is 3. The Labute approximate surface area is 157 Å². The molecule has 2 aromatic carbocycles. The summed E-state index contributed by atoms with van der Waals surface area (Å²) in [4.78, 5) is 27.1. The monoisotopic (exact) mass is 370 g/mol. The molecule has 8 nitrogen and oxygen atoms in total. The molecule has 0 spiro atoms. The van der Waals surface area contributed by atoms with E-state index in [1.54, 1.807) is 31.1 Å². The van der Waals surface area contributed by atoms with Crippen LogP contribution in [-0.2, 0) is 0 Å². The summed E-state index contributed by atoms with van der Waals surface area (Å²) in [5, 5.41) is 13.8. The van der Waals surface area contributed by atoms with E-state index in [2.05, 4.69) is 10.2 Å². The lowest BCUT2D eigenvalue weighted by atomic mass is 10.1. The molecular weight excluding hydrogens is 348 g/mol. The topological polar surface area (TPSA) is 88.0 Å². The quantitative estimate of drug-likeness (QED) is 0.659. The Bertz CT molecular complexity index is 830. The van der Waals surface area contributed by atoms with Gasteiger partial charge in [-0.1, -0.05) is 6.07 Å². The zero-order valence-electron chi connectivity index (χ0n) is 15.3. The Morgan fingerprint density at radius 1 is 1.11 bits per heavy atom. The molecule has 3 rings (SSSR count). The van der Waals surface area contributed by atoms with Gasteiger partial charge in [0.05, 0.1) is 23.3 Å². The highest BCUT2D eigenvalue weighted by molar-refractivity contribution is 5.91. The Balaban J connectivity index is 1.60. The second kappa shape index (κ2) is 7.94. The molecule has 0 bridgehead atoms. The highest BCUT2D eigenvalue weighted by Gasteiger charge is 2.23. The van der Waals surface area contributed by atoms with E-state index in [1.807, 2.05) is 24.3 Å². The van der Waals surface area contributed by atoms with Gasteiger partial charge in [-0.25, -0.2) is 4.79 Å². The molecule has 2 amide bonds. The number of piperazine rings is 1. The van der Waals surface area contributed by atoms with Crippen LogP contribution in [0.4, 0.5) is 21.9 Å². The number of ether oxygens (including phenoxy) is 1. The van der Waals surface area contributed by atoms with Crippen molar-refractivity contribution < 1.29 is 14.5 Å². The fraction of sp³-hybridized carbons (Fsp3) is 0.316. The fourth-order valence-corrected chi connectivity index (χ4v) is 3.11. The number of carbonyl (C=O) groups excluding carboxylic acids is 1. The van der Waals surface area contributed by atoms with Crippen LogP contribution in [0.2, 0.25) is 0 Å². The molecule has 1 aliphatic rings. The summed E-state index contributed by atoms with van der Waals surface area (Å²) in [6.45, 7) is 4.22. The lowest BCUT2D eigenvalue weighted by Gasteiger charge is -2.36. The SMILES string of the molecule is COc1ccc(N2CCN(C(=O)Nc3cccc([N+](=O)[O-])c3C)CC2)cc1. The number of carbonyl (C=O) groups is 1. The standard InChI is InChI=1S/C19H22N4O4/c1-14-17(4-3-5-18(14)23(25)26)20-19(24)22-12-10-21(11-13-22)15-6-8-16(27-2)9-7-15/h3-9H,10-13H2,1-2H3,(H,20,24). The van der Waals surface area contributed by atoms with Gasteiger partial charge in [-0.05, 0) is 37.3 Å². The number of nitro groups is 1. The molecule has 27 heavy (non-hydrogen) atoms. The van der Waals surface area contributed by atoms with Crippen molar-refractivity contribution in [1.82, 2.24) is 4.90 Å². The van der Waals surface area contributed by atoms with E-state index in [0.29, 0.717) is 37.4 Å². The van der Waals surface area contributed by atoms with Gasteiger partial charge in [0, 0.05) is 37.9 Å². The minimum atomic E-state index is -0.446. The molecule has 0 unspecified atom stereocenters. The molecule has 2 aromatic rings. The molecule has 8 heteroatoms. The van der Waals surface area contributed by atoms with Gasteiger partial charge in [-0.3, -0.25) is 10.1 Å². The third kappa shape index (κ3) is 4.11. The summed E-state index contributed by atoms with van der Waals surface area (Å²) in [6, 6.07) is 12.3. The normalized spacial score (nSPS) is 14.0. The third-order valence-electron chi connectivity index (χ3n) is 4.75. The van der Waals surface area contributed by atoms with Gasteiger partial charge in [0.2, 0.25) is 0 Å². The van der Waals surface area contributed by atoms with Gasteiger partial charge >= 0.3 is 6.03 Å². The summed E-state index contributed by atoms with van der Waals surface area (Å²) >= 11 is 0. The zero-order chi connectivity index (χ0) is 19.4. The van der Waals surface area contributed by atoms with Crippen LogP contribution in [0.1, 0.15) is 5.56 Å². The molecule has 1 aliphatic heterocycles. The highest BCUT2D eigenvalue weighted by atomic mass is 16.6. The number of nitrogens with one attached hydrogen (secondary N) is 1. The maximum atomic E-state index is 12.5. The number of urea groups is 1. The maximum absolute atomic E-state index is 12.5. The summed E-state index contributed by atoms with van der Waals surface area (Å²) in [5.74, 6) is 0.809. The van der Waals surface area contributed by atoms with Crippen LogP contribution in [0.3, 0.4) is 0 Å². The predicted octanol–water partition coefficient (Wildman–Crippen LogP) is 3.27. The number of hydrogen-bond donors (Lipinski definition) is 1. The largest absolute Gasteiger partial charge is 0.497 e. The Morgan fingerprint density at radius 2 is 1.78 bits per heavy atom. The zero-order valence-corrected chi connectivity index (χ0v) is 15.3. The lowest BCUT2D eigenvalue weighted by Crippen LogP contribution is -2.50. The summed E-state index contributed by atoms with van der Waals surface area (Å²) in [6.07, 6.45) is 0. The number of nitro benzene ring substituents is 1. The minimum absolute atomic E-state index is 0.00266. The number of anilines is 2. The summed E-state index contributed by atoms with van der Waals surface area (Å²) < 4.78 is 5.17. The smallest absolute Gasteiger partial charge is 0.321 e. The van der Waals surface area contributed by atoms with Crippen LogP contribution in [0.5, 0.6) is 5.75 Å². The fourth-order valence-electron chi connectivity index (χ4n) is 3.11. The molecule has 1 saturated heterocycles. The van der Waals surface area contributed by atoms with Gasteiger partial charge in [0.25, 0.3) is 5.69 Å². The predicted molar refractivity (Wildman–Crippen MR) is 104 cm³/mol. The van der Waals surface area contributed by atoms with Crippen LogP contribution in [-0.4, -0.2) is 49.1 Å². The molecule has 0 atom stereocenters.